The molecule has 0 aliphatic heterocycles. The van der Waals surface area contributed by atoms with Crippen LogP contribution in [0.5, 0.6) is 0 Å². The maximum absolute atomic E-state index is 6.19. The normalized spacial score (nSPS) is 22.6. The molecule has 0 unspecified atom stereocenters. The molecule has 1 aliphatic rings. The molecule has 0 spiro atoms. The first-order valence-corrected chi connectivity index (χ1v) is 8.63. The van der Waals surface area contributed by atoms with E-state index in [-0.39, 0.29) is 17.6 Å². The predicted octanol–water partition coefficient (Wildman–Crippen LogP) is 3.48. The highest BCUT2D eigenvalue weighted by Crippen LogP contribution is 2.44. The summed E-state index contributed by atoms with van der Waals surface area (Å²) in [6.45, 7) is 5.64. The van der Waals surface area contributed by atoms with Gasteiger partial charge in [-0.3, -0.25) is 0 Å². The maximum atomic E-state index is 6.19. The lowest BCUT2D eigenvalue weighted by Gasteiger charge is -2.50. The Morgan fingerprint density at radius 1 is 1.22 bits per heavy atom. The van der Waals surface area contributed by atoms with Gasteiger partial charge in [0.2, 0.25) is 5.13 Å². The maximum Gasteiger partial charge on any atom is 0.206 e. The number of rotatable bonds is 7. The van der Waals surface area contributed by atoms with E-state index in [2.05, 4.69) is 41.5 Å². The van der Waals surface area contributed by atoms with Gasteiger partial charge in [0.25, 0.3) is 0 Å². The molecule has 124 valence electrons. The van der Waals surface area contributed by atoms with Gasteiger partial charge in [0, 0.05) is 7.11 Å². The van der Waals surface area contributed by atoms with Gasteiger partial charge in [-0.05, 0) is 17.4 Å². The lowest BCUT2D eigenvalue weighted by molar-refractivity contribution is -0.110. The molecule has 23 heavy (non-hydrogen) atoms. The summed E-state index contributed by atoms with van der Waals surface area (Å²) >= 11 is 1.54. The Labute approximate surface area is 141 Å². The van der Waals surface area contributed by atoms with Crippen molar-refractivity contribution in [2.24, 2.45) is 5.41 Å². The smallest absolute Gasteiger partial charge is 0.206 e. The third kappa shape index (κ3) is 3.88. The summed E-state index contributed by atoms with van der Waals surface area (Å²) in [5.41, 5.74) is 1.37. The van der Waals surface area contributed by atoms with E-state index < -0.39 is 0 Å². The number of hydrogen-bond donors (Lipinski definition) is 1. The minimum atomic E-state index is 0.164. The Morgan fingerprint density at radius 3 is 2.70 bits per heavy atom. The summed E-state index contributed by atoms with van der Waals surface area (Å²) in [4.78, 5) is 0. The molecule has 1 N–H and O–H groups in total. The van der Waals surface area contributed by atoms with Crippen molar-refractivity contribution >= 4 is 16.5 Å². The van der Waals surface area contributed by atoms with E-state index in [1.54, 1.807) is 7.11 Å². The topological polar surface area (TPSA) is 56.3 Å². The first-order valence-electron chi connectivity index (χ1n) is 7.82. The summed E-state index contributed by atoms with van der Waals surface area (Å²) in [6, 6.07) is 10.6. The summed E-state index contributed by atoms with van der Waals surface area (Å²) in [5, 5.41) is 13.5. The van der Waals surface area contributed by atoms with Gasteiger partial charge in [-0.15, -0.1) is 10.2 Å². The molecule has 2 aromatic rings. The number of nitrogens with zero attached hydrogens (tertiary/aromatic N) is 2. The third-order valence-electron chi connectivity index (χ3n) is 4.20. The Hall–Kier alpha value is -1.50. The second-order valence-electron chi connectivity index (χ2n) is 6.59. The Kier molecular flexibility index (Phi) is 4.94. The van der Waals surface area contributed by atoms with Gasteiger partial charge in [-0.25, -0.2) is 0 Å². The summed E-state index contributed by atoms with van der Waals surface area (Å²) in [5.74, 6) is 0. The molecular weight excluding hydrogens is 310 g/mol. The molecule has 1 fully saturated rings. The standard InChI is InChI=1S/C17H23N3O2S/c1-17(2)9-13(18-16-20-19-14(23-16)11-21-3)15(17)22-10-12-7-5-4-6-8-12/h4-8,13,15H,9-11H2,1-3H3,(H,18,20)/t13-,15-/m1/s1. The van der Waals surface area contributed by atoms with E-state index in [9.17, 15) is 0 Å². The molecule has 6 heteroatoms. The highest BCUT2D eigenvalue weighted by Gasteiger charge is 2.48. The van der Waals surface area contributed by atoms with Crippen LogP contribution in [0, 0.1) is 5.41 Å². The molecule has 0 radical (unpaired) electrons. The first-order chi connectivity index (χ1) is 11.1. The Morgan fingerprint density at radius 2 is 2.00 bits per heavy atom. The average molecular weight is 333 g/mol. The summed E-state index contributed by atoms with van der Waals surface area (Å²) < 4.78 is 11.3. The molecule has 3 rings (SSSR count). The SMILES string of the molecule is COCc1nnc(N[C@@H]2CC(C)(C)[C@@H]2OCc2ccccc2)s1. The molecule has 1 aromatic carbocycles. The lowest BCUT2D eigenvalue weighted by atomic mass is 9.65. The van der Waals surface area contributed by atoms with Crippen LogP contribution in [0.3, 0.4) is 0 Å². The van der Waals surface area contributed by atoms with Crippen molar-refractivity contribution in [2.45, 2.75) is 45.6 Å². The van der Waals surface area contributed by atoms with Gasteiger partial charge in [-0.2, -0.15) is 0 Å². The van der Waals surface area contributed by atoms with Crippen molar-refractivity contribution in [1.29, 1.82) is 0 Å². The molecular formula is C17H23N3O2S. The number of anilines is 1. The fourth-order valence-corrected chi connectivity index (χ4v) is 3.83. The number of aromatic nitrogens is 2. The summed E-state index contributed by atoms with van der Waals surface area (Å²) in [7, 11) is 1.66. The van der Waals surface area contributed by atoms with Crippen LogP contribution in [0.25, 0.3) is 0 Å². The largest absolute Gasteiger partial charge is 0.377 e. The zero-order valence-corrected chi connectivity index (χ0v) is 14.6. The highest BCUT2D eigenvalue weighted by molar-refractivity contribution is 7.15. The number of hydrogen-bond acceptors (Lipinski definition) is 6. The van der Waals surface area contributed by atoms with E-state index in [1.807, 2.05) is 18.2 Å². The lowest BCUT2D eigenvalue weighted by Crippen LogP contribution is -2.57. The molecule has 1 heterocycles. The fourth-order valence-electron chi connectivity index (χ4n) is 3.06. The minimum Gasteiger partial charge on any atom is -0.377 e. The van der Waals surface area contributed by atoms with Gasteiger partial charge in [0.1, 0.15) is 11.6 Å². The highest BCUT2D eigenvalue weighted by atomic mass is 32.1. The van der Waals surface area contributed by atoms with Crippen LogP contribution in [0.15, 0.2) is 30.3 Å². The molecule has 0 bridgehead atoms. The Bertz CT molecular complexity index is 630. The van der Waals surface area contributed by atoms with Crippen molar-refractivity contribution in [3.8, 4) is 0 Å². The van der Waals surface area contributed by atoms with Crippen molar-refractivity contribution in [3.63, 3.8) is 0 Å². The van der Waals surface area contributed by atoms with Crippen LogP contribution in [0.1, 0.15) is 30.8 Å². The molecule has 2 atom stereocenters. The quantitative estimate of drug-likeness (QED) is 0.841. The van der Waals surface area contributed by atoms with Crippen LogP contribution < -0.4 is 5.32 Å². The molecule has 1 aliphatic carbocycles. The van der Waals surface area contributed by atoms with Gasteiger partial charge >= 0.3 is 0 Å². The van der Waals surface area contributed by atoms with Crippen molar-refractivity contribution in [3.05, 3.63) is 40.9 Å². The molecule has 0 saturated heterocycles. The van der Waals surface area contributed by atoms with Crippen molar-refractivity contribution < 1.29 is 9.47 Å². The molecule has 5 nitrogen and oxygen atoms in total. The number of ether oxygens (including phenoxy) is 2. The van der Waals surface area contributed by atoms with Gasteiger partial charge in [-0.1, -0.05) is 55.5 Å². The average Bonchev–Trinajstić information content (AvgIpc) is 2.95. The molecule has 1 saturated carbocycles. The molecule has 0 amide bonds. The van der Waals surface area contributed by atoms with E-state index in [4.69, 9.17) is 9.47 Å². The van der Waals surface area contributed by atoms with E-state index in [0.29, 0.717) is 13.2 Å². The van der Waals surface area contributed by atoms with Crippen LogP contribution in [0.4, 0.5) is 5.13 Å². The zero-order chi connectivity index (χ0) is 16.3. The number of methoxy groups -OCH3 is 1. The summed E-state index contributed by atoms with van der Waals surface area (Å²) in [6.07, 6.45) is 1.23. The molecule has 1 aromatic heterocycles. The van der Waals surface area contributed by atoms with Gasteiger partial charge in [0.15, 0.2) is 0 Å². The van der Waals surface area contributed by atoms with Crippen LogP contribution in [-0.4, -0.2) is 29.5 Å². The van der Waals surface area contributed by atoms with Gasteiger partial charge in [0.05, 0.1) is 18.8 Å². The van der Waals surface area contributed by atoms with E-state index >= 15 is 0 Å². The zero-order valence-electron chi connectivity index (χ0n) is 13.8. The van der Waals surface area contributed by atoms with Crippen LogP contribution in [0.2, 0.25) is 0 Å². The number of nitrogens with one attached hydrogen (secondary N) is 1. The second-order valence-corrected chi connectivity index (χ2v) is 7.66. The minimum absolute atomic E-state index is 0.164. The third-order valence-corrected chi connectivity index (χ3v) is 5.03. The second kappa shape index (κ2) is 6.95. The van der Waals surface area contributed by atoms with Crippen molar-refractivity contribution in [2.75, 3.05) is 12.4 Å². The number of benzene rings is 1. The van der Waals surface area contributed by atoms with Crippen LogP contribution in [-0.2, 0) is 22.7 Å². The predicted molar refractivity (Wildman–Crippen MR) is 91.4 cm³/mol. The fraction of sp³-hybridized carbons (Fsp3) is 0.529. The monoisotopic (exact) mass is 333 g/mol. The van der Waals surface area contributed by atoms with Crippen LogP contribution >= 0.6 is 11.3 Å². The van der Waals surface area contributed by atoms with E-state index in [0.717, 1.165) is 16.6 Å². The van der Waals surface area contributed by atoms with E-state index in [1.165, 1.54) is 16.9 Å². The first kappa shape index (κ1) is 16.4. The van der Waals surface area contributed by atoms with Crippen molar-refractivity contribution in [1.82, 2.24) is 10.2 Å². The van der Waals surface area contributed by atoms with Gasteiger partial charge < -0.3 is 14.8 Å². The Balaban J connectivity index is 1.58.